The Kier molecular flexibility index (Phi) is 2.55. The SMILES string of the molecule is O=[N+]([O-])c1ccc([N+]2=NC3(CCCC3)C([O-])=N2)cc1. The summed E-state index contributed by atoms with van der Waals surface area (Å²) in [5, 5.41) is 30.8. The van der Waals surface area contributed by atoms with Crippen molar-refractivity contribution in [2.24, 2.45) is 10.2 Å². The zero-order valence-corrected chi connectivity index (χ0v) is 10.2. The van der Waals surface area contributed by atoms with Gasteiger partial charge in [-0.25, -0.2) is 0 Å². The van der Waals surface area contributed by atoms with Gasteiger partial charge in [-0.2, -0.15) is 0 Å². The third-order valence-electron chi connectivity index (χ3n) is 3.59. The number of rotatable bonds is 2. The van der Waals surface area contributed by atoms with Crippen LogP contribution in [0.1, 0.15) is 25.7 Å². The Morgan fingerprint density at radius 1 is 1.21 bits per heavy atom. The Bertz CT molecular complexity index is 585. The molecule has 7 heteroatoms. The van der Waals surface area contributed by atoms with Gasteiger partial charge in [0.1, 0.15) is 0 Å². The van der Waals surface area contributed by atoms with Gasteiger partial charge in [-0.1, -0.05) is 12.8 Å². The molecule has 98 valence electrons. The number of nitro groups is 1. The van der Waals surface area contributed by atoms with Crippen molar-refractivity contribution < 1.29 is 14.8 Å². The second-order valence-corrected chi connectivity index (χ2v) is 4.81. The van der Waals surface area contributed by atoms with E-state index in [0.717, 1.165) is 25.7 Å². The summed E-state index contributed by atoms with van der Waals surface area (Å²) in [6.45, 7) is 0. The Hall–Kier alpha value is -2.31. The highest BCUT2D eigenvalue weighted by Gasteiger charge is 2.44. The van der Waals surface area contributed by atoms with Crippen LogP contribution < -0.4 is 5.11 Å². The lowest BCUT2D eigenvalue weighted by Crippen LogP contribution is -2.39. The normalized spacial score (nSPS) is 20.4. The molecular formula is C12H12N4O3. The Labute approximate surface area is 109 Å². The number of nitrogens with zero attached hydrogens (tertiary/aromatic N) is 4. The summed E-state index contributed by atoms with van der Waals surface area (Å²) in [6, 6.07) is 5.85. The first-order chi connectivity index (χ1) is 9.11. The van der Waals surface area contributed by atoms with Crippen LogP contribution in [0.15, 0.2) is 34.5 Å². The molecule has 2 aliphatic rings. The lowest BCUT2D eigenvalue weighted by molar-refractivity contribution is -0.517. The highest BCUT2D eigenvalue weighted by atomic mass is 16.6. The molecule has 1 fully saturated rings. The molecule has 0 radical (unpaired) electrons. The van der Waals surface area contributed by atoms with Crippen molar-refractivity contribution in [1.29, 1.82) is 0 Å². The van der Waals surface area contributed by atoms with E-state index < -0.39 is 10.5 Å². The van der Waals surface area contributed by atoms with E-state index in [1.54, 1.807) is 12.1 Å². The monoisotopic (exact) mass is 260 g/mol. The van der Waals surface area contributed by atoms with Gasteiger partial charge in [-0.15, -0.1) is 0 Å². The quantitative estimate of drug-likeness (QED) is 0.460. The van der Waals surface area contributed by atoms with Crippen molar-refractivity contribution in [3.63, 3.8) is 0 Å². The van der Waals surface area contributed by atoms with Gasteiger partial charge in [-0.3, -0.25) is 10.1 Å². The maximum atomic E-state index is 11.9. The van der Waals surface area contributed by atoms with Crippen LogP contribution in [0.2, 0.25) is 0 Å². The van der Waals surface area contributed by atoms with Crippen LogP contribution in [0.3, 0.4) is 0 Å². The van der Waals surface area contributed by atoms with Gasteiger partial charge in [0.25, 0.3) is 11.4 Å². The first kappa shape index (κ1) is 11.8. The van der Waals surface area contributed by atoms with Crippen LogP contribution in [0.4, 0.5) is 11.4 Å². The molecule has 19 heavy (non-hydrogen) atoms. The highest BCUT2D eigenvalue weighted by molar-refractivity contribution is 5.83. The fourth-order valence-corrected chi connectivity index (χ4v) is 2.52. The predicted octanol–water partition coefficient (Wildman–Crippen LogP) is 1.69. The van der Waals surface area contributed by atoms with E-state index in [1.165, 1.54) is 16.9 Å². The summed E-state index contributed by atoms with van der Waals surface area (Å²) in [4.78, 5) is 11.4. The fraction of sp³-hybridized carbons (Fsp3) is 0.417. The van der Waals surface area contributed by atoms with Crippen molar-refractivity contribution in [2.45, 2.75) is 31.2 Å². The van der Waals surface area contributed by atoms with E-state index in [-0.39, 0.29) is 11.6 Å². The molecule has 0 aromatic heterocycles. The minimum Gasteiger partial charge on any atom is -0.856 e. The van der Waals surface area contributed by atoms with Gasteiger partial charge in [0.15, 0.2) is 5.54 Å². The van der Waals surface area contributed by atoms with E-state index >= 15 is 0 Å². The van der Waals surface area contributed by atoms with E-state index in [9.17, 15) is 15.2 Å². The standard InChI is InChI=1S/C12H12N4O3/c17-11-12(7-1-2-8-12)14-15(13-11)9-3-5-10(6-4-9)16(18)19/h3-6H,1-2,7-8H2. The van der Waals surface area contributed by atoms with Crippen LogP contribution in [0, 0.1) is 10.1 Å². The third-order valence-corrected chi connectivity index (χ3v) is 3.59. The summed E-state index contributed by atoms with van der Waals surface area (Å²) in [6.07, 6.45) is 3.44. The first-order valence-electron chi connectivity index (χ1n) is 6.14. The van der Waals surface area contributed by atoms with E-state index in [1.807, 2.05) is 0 Å². The number of hydrogen-bond donors (Lipinski definition) is 0. The maximum Gasteiger partial charge on any atom is 0.269 e. The van der Waals surface area contributed by atoms with Crippen LogP contribution in [0.5, 0.6) is 0 Å². The van der Waals surface area contributed by atoms with E-state index in [2.05, 4.69) is 10.2 Å². The van der Waals surface area contributed by atoms with Crippen molar-refractivity contribution in [1.82, 2.24) is 0 Å². The molecule has 1 aliphatic carbocycles. The number of hydrogen-bond acceptors (Lipinski definition) is 5. The molecule has 0 bridgehead atoms. The van der Waals surface area contributed by atoms with Crippen LogP contribution in [-0.2, 0) is 0 Å². The number of hydrazone groups is 1. The minimum absolute atomic E-state index is 0.00449. The molecule has 0 saturated heterocycles. The predicted molar refractivity (Wildman–Crippen MR) is 64.1 cm³/mol. The summed E-state index contributed by atoms with van der Waals surface area (Å²) in [7, 11) is 0. The molecule has 0 atom stereocenters. The molecular weight excluding hydrogens is 248 g/mol. The van der Waals surface area contributed by atoms with Gasteiger partial charge >= 0.3 is 0 Å². The number of azo groups is 1. The Balaban J connectivity index is 1.93. The molecule has 1 aliphatic heterocycles. The van der Waals surface area contributed by atoms with Crippen molar-refractivity contribution >= 4 is 17.3 Å². The van der Waals surface area contributed by atoms with Gasteiger partial charge in [0, 0.05) is 34.5 Å². The molecule has 1 aromatic carbocycles. The zero-order valence-electron chi connectivity index (χ0n) is 10.2. The molecule has 1 aromatic rings. The molecule has 0 N–H and O–H groups in total. The molecule has 7 nitrogen and oxygen atoms in total. The van der Waals surface area contributed by atoms with Gasteiger partial charge in [-0.05, 0) is 12.8 Å². The average molecular weight is 260 g/mol. The van der Waals surface area contributed by atoms with Gasteiger partial charge in [0.05, 0.1) is 15.6 Å². The lowest BCUT2D eigenvalue weighted by atomic mass is 10.00. The zero-order chi connectivity index (χ0) is 13.5. The molecule has 0 amide bonds. The molecule has 3 rings (SSSR count). The summed E-state index contributed by atoms with van der Waals surface area (Å²) in [5.74, 6) is -0.205. The largest absolute Gasteiger partial charge is 0.856 e. The Morgan fingerprint density at radius 3 is 2.42 bits per heavy atom. The molecule has 1 heterocycles. The first-order valence-corrected chi connectivity index (χ1v) is 6.14. The summed E-state index contributed by atoms with van der Waals surface area (Å²) >= 11 is 0. The topological polar surface area (TPSA) is 93.9 Å². The molecule has 1 saturated carbocycles. The number of nitro benzene ring substituents is 1. The average Bonchev–Trinajstić information content (AvgIpc) is 2.99. The van der Waals surface area contributed by atoms with Crippen LogP contribution >= 0.6 is 0 Å². The molecule has 1 spiro atoms. The van der Waals surface area contributed by atoms with Crippen molar-refractivity contribution in [3.05, 3.63) is 34.4 Å². The van der Waals surface area contributed by atoms with Crippen molar-refractivity contribution in [2.75, 3.05) is 0 Å². The van der Waals surface area contributed by atoms with Gasteiger partial charge < -0.3 is 5.11 Å². The smallest absolute Gasteiger partial charge is 0.269 e. The lowest BCUT2D eigenvalue weighted by Gasteiger charge is -2.18. The van der Waals surface area contributed by atoms with E-state index in [0.29, 0.717) is 5.69 Å². The van der Waals surface area contributed by atoms with Crippen LogP contribution in [-0.4, -0.2) is 21.2 Å². The van der Waals surface area contributed by atoms with E-state index in [4.69, 9.17) is 0 Å². The summed E-state index contributed by atoms with van der Waals surface area (Å²) in [5.41, 5.74) is -0.102. The minimum atomic E-state index is -0.679. The fourth-order valence-electron chi connectivity index (χ4n) is 2.52. The number of benzene rings is 1. The van der Waals surface area contributed by atoms with Gasteiger partial charge in [0.2, 0.25) is 0 Å². The summed E-state index contributed by atoms with van der Waals surface area (Å²) < 4.78 is 0. The van der Waals surface area contributed by atoms with Crippen molar-refractivity contribution in [3.8, 4) is 0 Å². The Morgan fingerprint density at radius 2 is 1.84 bits per heavy atom. The maximum absolute atomic E-state index is 11.9. The molecule has 0 unspecified atom stereocenters. The second kappa shape index (κ2) is 4.11. The highest BCUT2D eigenvalue weighted by Crippen LogP contribution is 2.37. The third kappa shape index (κ3) is 1.87. The van der Waals surface area contributed by atoms with Crippen LogP contribution in [0.25, 0.3) is 0 Å². The second-order valence-electron chi connectivity index (χ2n) is 4.81. The number of non-ortho nitro benzene ring substituents is 1.